The molecule has 43 heavy (non-hydrogen) atoms. The van der Waals surface area contributed by atoms with E-state index in [4.69, 9.17) is 11.6 Å². The van der Waals surface area contributed by atoms with Crippen LogP contribution in [0.1, 0.15) is 15.9 Å². The number of amides is 1. The highest BCUT2D eigenvalue weighted by molar-refractivity contribution is 6.30. The molecule has 2 aliphatic heterocycles. The Hall–Kier alpha value is -4.59. The summed E-state index contributed by atoms with van der Waals surface area (Å²) in [5.74, 6) is -0.127. The van der Waals surface area contributed by atoms with Gasteiger partial charge >= 0.3 is 6.18 Å². The molecule has 0 aliphatic carbocycles. The van der Waals surface area contributed by atoms with E-state index in [1.165, 1.54) is 6.07 Å². The molecule has 0 unspecified atom stereocenters. The zero-order chi connectivity index (χ0) is 30.9. The lowest BCUT2D eigenvalue weighted by Gasteiger charge is -2.38. The summed E-state index contributed by atoms with van der Waals surface area (Å²) in [7, 11) is 0. The van der Waals surface area contributed by atoms with Gasteiger partial charge in [-0.15, -0.1) is 0 Å². The van der Waals surface area contributed by atoms with Gasteiger partial charge in [0.25, 0.3) is 17.3 Å². The maximum absolute atomic E-state index is 13.1. The molecule has 2 aliphatic rings. The number of nitrogens with zero attached hydrogens (tertiary/aromatic N) is 6. The van der Waals surface area contributed by atoms with Crippen LogP contribution in [0.5, 0.6) is 0 Å². The van der Waals surface area contributed by atoms with Crippen LogP contribution in [0.3, 0.4) is 0 Å². The molecule has 0 saturated carbocycles. The molecule has 3 aromatic carbocycles. The molecule has 2 heterocycles. The second-order valence-corrected chi connectivity index (χ2v) is 10.6. The van der Waals surface area contributed by atoms with Crippen LogP contribution in [0.4, 0.5) is 41.6 Å². The smallest absolute Gasteiger partial charge is 0.368 e. The highest BCUT2D eigenvalue weighted by Gasteiger charge is 2.35. The Morgan fingerprint density at radius 3 is 1.91 bits per heavy atom. The van der Waals surface area contributed by atoms with Gasteiger partial charge in [-0.25, -0.2) is 0 Å². The second-order valence-electron chi connectivity index (χ2n) is 10.2. The first-order chi connectivity index (χ1) is 20.4. The maximum Gasteiger partial charge on any atom is 0.416 e. The highest BCUT2D eigenvalue weighted by atomic mass is 35.5. The minimum atomic E-state index is -4.72. The van der Waals surface area contributed by atoms with Crippen LogP contribution in [-0.2, 0) is 6.18 Å². The van der Waals surface area contributed by atoms with Crippen molar-refractivity contribution in [3.05, 3.63) is 97.0 Å². The van der Waals surface area contributed by atoms with Gasteiger partial charge < -0.3 is 19.6 Å². The van der Waals surface area contributed by atoms with Crippen molar-refractivity contribution >= 4 is 45.9 Å². The van der Waals surface area contributed by atoms with E-state index in [9.17, 15) is 38.2 Å². The molecular weight excluding hydrogens is 593 g/mol. The standard InChI is InChI=1S/C28H26ClF3N6O5/c29-21-3-1-2-19(16-21)27(39)36-14-8-33(9-15-36)22-5-7-24(37(40)41)25(18-22)35-12-10-34(11-13-35)23-6-4-20(28(30,31)32)17-26(23)38(42)43/h1-7,16-18H,8-15H2. The van der Waals surface area contributed by atoms with E-state index in [0.717, 1.165) is 17.8 Å². The number of nitro benzene ring substituents is 2. The van der Waals surface area contributed by atoms with Crippen LogP contribution >= 0.6 is 11.6 Å². The first-order valence-electron chi connectivity index (χ1n) is 13.4. The molecule has 2 saturated heterocycles. The largest absolute Gasteiger partial charge is 0.416 e. The number of halogens is 4. The molecule has 0 atom stereocenters. The quantitative estimate of drug-likeness (QED) is 0.264. The number of rotatable bonds is 6. The summed E-state index contributed by atoms with van der Waals surface area (Å²) >= 11 is 6.03. The van der Waals surface area contributed by atoms with E-state index in [0.29, 0.717) is 48.5 Å². The SMILES string of the molecule is O=C(c1cccc(Cl)c1)N1CCN(c2ccc([N+](=O)[O-])c(N3CCN(c4ccc(C(F)(F)F)cc4[N+](=O)[O-])CC3)c2)CC1. The summed E-state index contributed by atoms with van der Waals surface area (Å²) in [4.78, 5) is 42.2. The molecule has 2 fully saturated rings. The molecule has 11 nitrogen and oxygen atoms in total. The van der Waals surface area contributed by atoms with Crippen molar-refractivity contribution in [1.82, 2.24) is 4.90 Å². The number of benzene rings is 3. The number of nitro groups is 2. The molecule has 3 aromatic rings. The van der Waals surface area contributed by atoms with E-state index >= 15 is 0 Å². The van der Waals surface area contributed by atoms with Gasteiger partial charge in [0.05, 0.1) is 15.4 Å². The summed E-state index contributed by atoms with van der Waals surface area (Å²) in [6.07, 6.45) is -4.72. The Balaban J connectivity index is 1.29. The fourth-order valence-corrected chi connectivity index (χ4v) is 5.58. The predicted octanol–water partition coefficient (Wildman–Crippen LogP) is 5.46. The molecule has 0 N–H and O–H groups in total. The van der Waals surface area contributed by atoms with E-state index in [-0.39, 0.29) is 43.5 Å². The van der Waals surface area contributed by atoms with E-state index < -0.39 is 27.3 Å². The topological polar surface area (TPSA) is 116 Å². The van der Waals surface area contributed by atoms with Gasteiger partial charge in [-0.3, -0.25) is 25.0 Å². The van der Waals surface area contributed by atoms with Crippen molar-refractivity contribution < 1.29 is 27.8 Å². The van der Waals surface area contributed by atoms with Crippen molar-refractivity contribution in [3.63, 3.8) is 0 Å². The maximum atomic E-state index is 13.1. The van der Waals surface area contributed by atoms with Gasteiger partial charge in [-0.05, 0) is 42.5 Å². The van der Waals surface area contributed by atoms with E-state index in [1.54, 1.807) is 51.1 Å². The van der Waals surface area contributed by atoms with Crippen molar-refractivity contribution in [3.8, 4) is 0 Å². The number of carbonyl (C=O) groups is 1. The van der Waals surface area contributed by atoms with Crippen molar-refractivity contribution in [2.45, 2.75) is 6.18 Å². The third kappa shape index (κ3) is 6.43. The van der Waals surface area contributed by atoms with Crippen LogP contribution in [0.25, 0.3) is 0 Å². The monoisotopic (exact) mass is 618 g/mol. The molecule has 0 radical (unpaired) electrons. The third-order valence-electron chi connectivity index (χ3n) is 7.62. The fourth-order valence-electron chi connectivity index (χ4n) is 5.39. The zero-order valence-corrected chi connectivity index (χ0v) is 23.4. The number of carbonyl (C=O) groups excluding carboxylic acids is 1. The molecule has 0 aromatic heterocycles. The van der Waals surface area contributed by atoms with Gasteiger partial charge in [0, 0.05) is 80.8 Å². The number of piperazine rings is 2. The second kappa shape index (κ2) is 12.0. The number of alkyl halides is 3. The van der Waals surface area contributed by atoms with Crippen molar-refractivity contribution in [1.29, 1.82) is 0 Å². The Kier molecular flexibility index (Phi) is 8.31. The zero-order valence-electron chi connectivity index (χ0n) is 22.7. The van der Waals surface area contributed by atoms with Crippen LogP contribution in [-0.4, -0.2) is 73.0 Å². The van der Waals surface area contributed by atoms with E-state index in [2.05, 4.69) is 0 Å². The van der Waals surface area contributed by atoms with Crippen LogP contribution in [0.15, 0.2) is 60.7 Å². The number of anilines is 3. The lowest BCUT2D eigenvalue weighted by molar-refractivity contribution is -0.384. The normalized spacial score (nSPS) is 15.9. The summed E-state index contributed by atoms with van der Waals surface area (Å²) < 4.78 is 39.4. The van der Waals surface area contributed by atoms with Crippen molar-refractivity contribution in [2.24, 2.45) is 0 Å². The van der Waals surface area contributed by atoms with Gasteiger partial charge in [-0.2, -0.15) is 13.2 Å². The Morgan fingerprint density at radius 2 is 1.33 bits per heavy atom. The summed E-state index contributed by atoms with van der Waals surface area (Å²) in [5, 5.41) is 23.9. The van der Waals surface area contributed by atoms with Crippen LogP contribution in [0, 0.1) is 20.2 Å². The molecule has 0 spiro atoms. The average molecular weight is 619 g/mol. The highest BCUT2D eigenvalue weighted by Crippen LogP contribution is 2.38. The minimum absolute atomic E-state index is 0.0612. The molecule has 0 bridgehead atoms. The Labute approximate surface area is 248 Å². The van der Waals surface area contributed by atoms with Gasteiger partial charge in [0.15, 0.2) is 0 Å². The number of hydrogen-bond donors (Lipinski definition) is 0. The summed E-state index contributed by atoms with van der Waals surface area (Å²) in [6, 6.07) is 14.0. The minimum Gasteiger partial charge on any atom is -0.368 e. The first kappa shape index (κ1) is 29.9. The first-order valence-corrected chi connectivity index (χ1v) is 13.7. The summed E-state index contributed by atoms with van der Waals surface area (Å²) in [5.41, 5.74) is -0.177. The van der Waals surface area contributed by atoms with Crippen LogP contribution < -0.4 is 14.7 Å². The molecular formula is C28H26ClF3N6O5. The van der Waals surface area contributed by atoms with Gasteiger partial charge in [0.1, 0.15) is 11.4 Å². The fraction of sp³-hybridized carbons (Fsp3) is 0.321. The molecule has 5 rings (SSSR count). The average Bonchev–Trinajstić information content (AvgIpc) is 2.99. The van der Waals surface area contributed by atoms with Crippen molar-refractivity contribution in [2.75, 3.05) is 67.1 Å². The van der Waals surface area contributed by atoms with Gasteiger partial charge in [-0.1, -0.05) is 17.7 Å². The lowest BCUT2D eigenvalue weighted by Crippen LogP contribution is -2.49. The lowest BCUT2D eigenvalue weighted by atomic mass is 10.1. The molecule has 15 heteroatoms. The Bertz CT molecular complexity index is 1560. The molecule has 226 valence electrons. The predicted molar refractivity (Wildman–Crippen MR) is 155 cm³/mol. The summed E-state index contributed by atoms with van der Waals surface area (Å²) in [6.45, 7) is 2.83. The third-order valence-corrected chi connectivity index (χ3v) is 7.85. The number of hydrogen-bond acceptors (Lipinski definition) is 8. The Morgan fingerprint density at radius 1 is 0.721 bits per heavy atom. The van der Waals surface area contributed by atoms with Gasteiger partial charge in [0.2, 0.25) is 0 Å². The van der Waals surface area contributed by atoms with E-state index in [1.807, 2.05) is 4.90 Å². The van der Waals surface area contributed by atoms with Crippen LogP contribution in [0.2, 0.25) is 5.02 Å². The molecule has 1 amide bonds.